The number of methoxy groups -OCH3 is 1. The van der Waals surface area contributed by atoms with Crippen molar-refractivity contribution in [1.29, 1.82) is 0 Å². The van der Waals surface area contributed by atoms with Crippen LogP contribution in [0.5, 0.6) is 0 Å². The minimum Gasteiger partial charge on any atom is -0.390 e. The summed E-state index contributed by atoms with van der Waals surface area (Å²) in [4.78, 5) is 0. The Morgan fingerprint density at radius 1 is 1.33 bits per heavy atom. The second-order valence-corrected chi connectivity index (χ2v) is 3.34. The Hall–Kier alpha value is -0.160. The van der Waals surface area contributed by atoms with Crippen molar-refractivity contribution in [1.82, 2.24) is 0 Å². The summed E-state index contributed by atoms with van der Waals surface area (Å²) >= 11 is 0. The maximum Gasteiger partial charge on any atom is 0.159 e. The molecule has 0 aromatic rings. The summed E-state index contributed by atoms with van der Waals surface area (Å²) in [6.45, 7) is 0.986. The Balaban J connectivity index is 1.95. The van der Waals surface area contributed by atoms with Crippen molar-refractivity contribution in [3.63, 3.8) is 0 Å². The molecule has 0 amide bonds. The molecule has 1 N–H and O–H groups in total. The normalized spacial score (nSPS) is 47.5. The third-order valence-corrected chi connectivity index (χ3v) is 2.62. The SMILES string of the molecule is CO[C@H]1C[C@@H]2OC[C@H](O)[C@@H]2CO1. The van der Waals surface area contributed by atoms with Gasteiger partial charge in [0.25, 0.3) is 0 Å². The fourth-order valence-corrected chi connectivity index (χ4v) is 1.82. The smallest absolute Gasteiger partial charge is 0.159 e. The van der Waals surface area contributed by atoms with Crippen molar-refractivity contribution in [2.75, 3.05) is 20.3 Å². The Morgan fingerprint density at radius 3 is 2.92 bits per heavy atom. The number of hydrogen-bond donors (Lipinski definition) is 1. The maximum atomic E-state index is 9.44. The molecule has 2 aliphatic heterocycles. The van der Waals surface area contributed by atoms with Gasteiger partial charge in [0.2, 0.25) is 0 Å². The average molecular weight is 174 g/mol. The topological polar surface area (TPSA) is 47.9 Å². The Labute approximate surface area is 71.4 Å². The van der Waals surface area contributed by atoms with Gasteiger partial charge in [-0.2, -0.15) is 0 Å². The van der Waals surface area contributed by atoms with E-state index in [1.54, 1.807) is 7.11 Å². The molecule has 0 unspecified atom stereocenters. The molecule has 2 heterocycles. The Bertz CT molecular complexity index is 161. The van der Waals surface area contributed by atoms with Gasteiger partial charge in [0.15, 0.2) is 6.29 Å². The van der Waals surface area contributed by atoms with Crippen molar-refractivity contribution in [2.24, 2.45) is 5.92 Å². The lowest BCUT2D eigenvalue weighted by molar-refractivity contribution is -0.186. The molecule has 2 saturated heterocycles. The average Bonchev–Trinajstić information content (AvgIpc) is 2.47. The number of hydrogen-bond acceptors (Lipinski definition) is 4. The fraction of sp³-hybridized carbons (Fsp3) is 1.00. The molecule has 0 bridgehead atoms. The van der Waals surface area contributed by atoms with E-state index in [1.807, 2.05) is 0 Å². The lowest BCUT2D eigenvalue weighted by atomic mass is 9.95. The van der Waals surface area contributed by atoms with Crippen molar-refractivity contribution >= 4 is 0 Å². The van der Waals surface area contributed by atoms with Gasteiger partial charge in [0.05, 0.1) is 25.4 Å². The van der Waals surface area contributed by atoms with E-state index in [0.717, 1.165) is 6.42 Å². The van der Waals surface area contributed by atoms with E-state index in [2.05, 4.69) is 0 Å². The molecule has 4 atom stereocenters. The van der Waals surface area contributed by atoms with E-state index >= 15 is 0 Å². The van der Waals surface area contributed by atoms with Crippen LogP contribution in [-0.2, 0) is 14.2 Å². The van der Waals surface area contributed by atoms with E-state index in [-0.39, 0.29) is 24.4 Å². The van der Waals surface area contributed by atoms with E-state index < -0.39 is 0 Å². The molecule has 0 saturated carbocycles. The molecule has 0 aromatic heterocycles. The molecule has 0 radical (unpaired) electrons. The highest BCUT2D eigenvalue weighted by Crippen LogP contribution is 2.30. The molecule has 0 aliphatic carbocycles. The highest BCUT2D eigenvalue weighted by Gasteiger charge is 2.41. The first-order valence-electron chi connectivity index (χ1n) is 4.25. The van der Waals surface area contributed by atoms with Crippen molar-refractivity contribution < 1.29 is 19.3 Å². The van der Waals surface area contributed by atoms with Crippen molar-refractivity contribution in [3.05, 3.63) is 0 Å². The van der Waals surface area contributed by atoms with Gasteiger partial charge in [-0.25, -0.2) is 0 Å². The van der Waals surface area contributed by atoms with Crippen LogP contribution in [0.25, 0.3) is 0 Å². The number of rotatable bonds is 1. The van der Waals surface area contributed by atoms with E-state index in [4.69, 9.17) is 14.2 Å². The van der Waals surface area contributed by atoms with Crippen LogP contribution in [0.3, 0.4) is 0 Å². The quantitative estimate of drug-likeness (QED) is 0.595. The van der Waals surface area contributed by atoms with E-state index in [1.165, 1.54) is 0 Å². The third-order valence-electron chi connectivity index (χ3n) is 2.62. The molecule has 4 heteroatoms. The van der Waals surface area contributed by atoms with Gasteiger partial charge in [0, 0.05) is 19.4 Å². The summed E-state index contributed by atoms with van der Waals surface area (Å²) in [7, 11) is 1.62. The number of ether oxygens (including phenoxy) is 3. The molecule has 2 rings (SSSR count). The van der Waals surface area contributed by atoms with E-state index in [9.17, 15) is 5.11 Å². The van der Waals surface area contributed by atoms with Gasteiger partial charge in [-0.05, 0) is 0 Å². The van der Waals surface area contributed by atoms with Crippen molar-refractivity contribution in [2.45, 2.75) is 24.9 Å². The van der Waals surface area contributed by atoms with Crippen LogP contribution in [0.15, 0.2) is 0 Å². The van der Waals surface area contributed by atoms with Crippen molar-refractivity contribution in [3.8, 4) is 0 Å². The molecule has 4 nitrogen and oxygen atoms in total. The van der Waals surface area contributed by atoms with Gasteiger partial charge < -0.3 is 19.3 Å². The monoisotopic (exact) mass is 174 g/mol. The zero-order chi connectivity index (χ0) is 8.55. The highest BCUT2D eigenvalue weighted by molar-refractivity contribution is 4.86. The highest BCUT2D eigenvalue weighted by atomic mass is 16.7. The molecule has 12 heavy (non-hydrogen) atoms. The molecule has 0 aromatic carbocycles. The lowest BCUT2D eigenvalue weighted by Gasteiger charge is -2.30. The first-order chi connectivity index (χ1) is 5.81. The zero-order valence-electron chi connectivity index (χ0n) is 7.10. The Morgan fingerprint density at radius 2 is 2.17 bits per heavy atom. The largest absolute Gasteiger partial charge is 0.390 e. The van der Waals surface area contributed by atoms with Gasteiger partial charge in [-0.3, -0.25) is 0 Å². The molecular weight excluding hydrogens is 160 g/mol. The van der Waals surface area contributed by atoms with Gasteiger partial charge in [0.1, 0.15) is 0 Å². The standard InChI is InChI=1S/C8H14O4/c1-10-8-2-7-5(3-12-8)6(9)4-11-7/h5-9H,2-4H2,1H3/t5-,6-,7-,8+/m0/s1. The summed E-state index contributed by atoms with van der Waals surface area (Å²) in [6, 6.07) is 0. The van der Waals surface area contributed by atoms with Crippen LogP contribution in [0, 0.1) is 5.92 Å². The minimum absolute atomic E-state index is 0.124. The number of fused-ring (bicyclic) bond motifs is 1. The van der Waals surface area contributed by atoms with Crippen LogP contribution < -0.4 is 0 Å². The van der Waals surface area contributed by atoms with Crippen LogP contribution in [0.4, 0.5) is 0 Å². The van der Waals surface area contributed by atoms with Crippen LogP contribution >= 0.6 is 0 Å². The first-order valence-corrected chi connectivity index (χ1v) is 4.25. The van der Waals surface area contributed by atoms with E-state index in [0.29, 0.717) is 13.2 Å². The first kappa shape index (κ1) is 8.44. The lowest BCUT2D eigenvalue weighted by Crippen LogP contribution is -2.39. The van der Waals surface area contributed by atoms with Gasteiger partial charge in [-0.1, -0.05) is 0 Å². The summed E-state index contributed by atoms with van der Waals surface area (Å²) in [5.41, 5.74) is 0. The summed E-state index contributed by atoms with van der Waals surface area (Å²) in [6.07, 6.45) is 0.348. The maximum absolute atomic E-state index is 9.44. The number of aliphatic hydroxyl groups excluding tert-OH is 1. The summed E-state index contributed by atoms with van der Waals surface area (Å²) in [5, 5.41) is 9.44. The molecule has 0 spiro atoms. The second-order valence-electron chi connectivity index (χ2n) is 3.34. The van der Waals surface area contributed by atoms with Crippen LogP contribution in [-0.4, -0.2) is 43.9 Å². The molecule has 70 valence electrons. The predicted molar refractivity (Wildman–Crippen MR) is 40.6 cm³/mol. The van der Waals surface area contributed by atoms with Crippen LogP contribution in [0.1, 0.15) is 6.42 Å². The summed E-state index contributed by atoms with van der Waals surface area (Å²) in [5.74, 6) is 0.149. The summed E-state index contributed by atoms with van der Waals surface area (Å²) < 4.78 is 15.8. The minimum atomic E-state index is -0.354. The second kappa shape index (κ2) is 3.30. The molecule has 2 aliphatic rings. The van der Waals surface area contributed by atoms with Crippen LogP contribution in [0.2, 0.25) is 0 Å². The zero-order valence-corrected chi connectivity index (χ0v) is 7.10. The predicted octanol–water partition coefficient (Wildman–Crippen LogP) is -0.245. The molecule has 2 fully saturated rings. The van der Waals surface area contributed by atoms with Gasteiger partial charge >= 0.3 is 0 Å². The molecular formula is C8H14O4. The van der Waals surface area contributed by atoms with Gasteiger partial charge in [-0.15, -0.1) is 0 Å². The number of aliphatic hydroxyl groups is 1. The third kappa shape index (κ3) is 1.35. The fourth-order valence-electron chi connectivity index (χ4n) is 1.82. The Kier molecular flexibility index (Phi) is 2.32.